The average Bonchev–Trinajstić information content (AvgIpc) is 2.75. The van der Waals surface area contributed by atoms with E-state index in [-0.39, 0.29) is 50.4 Å². The van der Waals surface area contributed by atoms with E-state index in [0.29, 0.717) is 0 Å². The standard InChI is InChI=1S/C26H41F5O/c1-16-2-4-17(5-3-16)18-6-8-19(9-7-18)20-14-23(28)25(24(29)15-20)26(30,31)32-22-12-10-21(27)11-13-22/h16-25H,2-15H2,1H3. The van der Waals surface area contributed by atoms with Crippen LogP contribution in [-0.4, -0.2) is 30.7 Å². The molecular weight excluding hydrogens is 423 g/mol. The summed E-state index contributed by atoms with van der Waals surface area (Å²) >= 11 is 0. The van der Waals surface area contributed by atoms with Crippen molar-refractivity contribution in [3.05, 3.63) is 0 Å². The molecule has 0 radical (unpaired) electrons. The molecule has 0 heterocycles. The number of alkyl halides is 5. The molecule has 1 nitrogen and oxygen atoms in total. The lowest BCUT2D eigenvalue weighted by Gasteiger charge is -2.44. The van der Waals surface area contributed by atoms with E-state index in [2.05, 4.69) is 6.92 Å². The molecular formula is C26H41F5O. The maximum absolute atomic E-state index is 15.0. The van der Waals surface area contributed by atoms with Gasteiger partial charge >= 0.3 is 6.11 Å². The molecule has 4 aliphatic carbocycles. The van der Waals surface area contributed by atoms with Gasteiger partial charge < -0.3 is 4.74 Å². The van der Waals surface area contributed by atoms with Gasteiger partial charge in [0.2, 0.25) is 0 Å². The SMILES string of the molecule is CC1CCC(C2CCC(C3CC(F)C(C(F)(F)OC4CCC(F)CC4)C(F)C3)CC2)CC1. The molecule has 0 spiro atoms. The van der Waals surface area contributed by atoms with Crippen LogP contribution >= 0.6 is 0 Å². The second-order valence-corrected chi connectivity index (χ2v) is 11.5. The minimum atomic E-state index is -3.84. The van der Waals surface area contributed by atoms with Crippen LogP contribution < -0.4 is 0 Å². The molecule has 2 atom stereocenters. The minimum Gasteiger partial charge on any atom is -0.317 e. The zero-order chi connectivity index (χ0) is 22.9. The van der Waals surface area contributed by atoms with Crippen molar-refractivity contribution in [2.75, 3.05) is 0 Å². The molecule has 0 aliphatic heterocycles. The number of hydrogen-bond donors (Lipinski definition) is 0. The Bertz CT molecular complexity index is 565. The molecule has 0 bridgehead atoms. The molecule has 4 rings (SSSR count). The fourth-order valence-corrected chi connectivity index (χ4v) is 7.29. The maximum Gasteiger partial charge on any atom is 0.364 e. The van der Waals surface area contributed by atoms with E-state index < -0.39 is 36.6 Å². The molecule has 4 fully saturated rings. The van der Waals surface area contributed by atoms with Crippen LogP contribution in [0.1, 0.15) is 96.8 Å². The number of rotatable bonds is 5. The van der Waals surface area contributed by atoms with Crippen LogP contribution in [0.3, 0.4) is 0 Å². The maximum atomic E-state index is 15.0. The molecule has 4 saturated carbocycles. The third kappa shape index (κ3) is 5.81. The third-order valence-corrected chi connectivity index (χ3v) is 9.36. The van der Waals surface area contributed by atoms with Gasteiger partial charge in [-0.3, -0.25) is 0 Å². The molecule has 0 aromatic heterocycles. The van der Waals surface area contributed by atoms with Gasteiger partial charge in [0, 0.05) is 0 Å². The van der Waals surface area contributed by atoms with Gasteiger partial charge in [0.1, 0.15) is 24.4 Å². The molecule has 0 amide bonds. The van der Waals surface area contributed by atoms with E-state index in [1.165, 1.54) is 25.7 Å². The summed E-state index contributed by atoms with van der Waals surface area (Å²) < 4.78 is 77.6. The Labute approximate surface area is 190 Å². The fourth-order valence-electron chi connectivity index (χ4n) is 7.29. The van der Waals surface area contributed by atoms with Crippen molar-refractivity contribution < 1.29 is 26.7 Å². The Balaban J connectivity index is 1.27. The molecule has 2 unspecified atom stereocenters. The van der Waals surface area contributed by atoms with Crippen molar-refractivity contribution in [3.8, 4) is 0 Å². The molecule has 6 heteroatoms. The lowest BCUT2D eigenvalue weighted by atomic mass is 9.64. The van der Waals surface area contributed by atoms with Gasteiger partial charge in [-0.25, -0.2) is 13.2 Å². The Kier molecular flexibility index (Phi) is 8.10. The smallest absolute Gasteiger partial charge is 0.317 e. The van der Waals surface area contributed by atoms with E-state index in [9.17, 15) is 22.0 Å². The van der Waals surface area contributed by atoms with Gasteiger partial charge in [-0.2, -0.15) is 8.78 Å². The summed E-state index contributed by atoms with van der Waals surface area (Å²) in [6.07, 6.45) is 0.745. The molecule has 0 saturated heterocycles. The first-order valence-electron chi connectivity index (χ1n) is 13.2. The van der Waals surface area contributed by atoms with Crippen molar-refractivity contribution >= 4 is 0 Å². The van der Waals surface area contributed by atoms with Crippen molar-refractivity contribution in [2.45, 2.75) is 128 Å². The summed E-state index contributed by atoms with van der Waals surface area (Å²) in [5.74, 6) is 0.426. The van der Waals surface area contributed by atoms with Crippen molar-refractivity contribution in [1.29, 1.82) is 0 Å². The Hall–Kier alpha value is -0.390. The molecule has 186 valence electrons. The first-order valence-corrected chi connectivity index (χ1v) is 13.2. The van der Waals surface area contributed by atoms with Crippen LogP contribution in [0.2, 0.25) is 0 Å². The second-order valence-electron chi connectivity index (χ2n) is 11.5. The van der Waals surface area contributed by atoms with Gasteiger partial charge in [-0.05, 0) is 107 Å². The highest BCUT2D eigenvalue weighted by molar-refractivity contribution is 4.95. The van der Waals surface area contributed by atoms with Gasteiger partial charge in [-0.15, -0.1) is 0 Å². The third-order valence-electron chi connectivity index (χ3n) is 9.36. The highest BCUT2D eigenvalue weighted by atomic mass is 19.3. The summed E-state index contributed by atoms with van der Waals surface area (Å²) in [5, 5.41) is 0. The zero-order valence-electron chi connectivity index (χ0n) is 19.5. The number of hydrogen-bond acceptors (Lipinski definition) is 1. The second kappa shape index (κ2) is 10.5. The fraction of sp³-hybridized carbons (Fsp3) is 1.00. The van der Waals surface area contributed by atoms with E-state index in [4.69, 9.17) is 4.74 Å². The van der Waals surface area contributed by atoms with Crippen LogP contribution in [0.25, 0.3) is 0 Å². The Morgan fingerprint density at radius 1 is 0.594 bits per heavy atom. The minimum absolute atomic E-state index is 0.0114. The predicted octanol–water partition coefficient (Wildman–Crippen LogP) is 8.21. The highest BCUT2D eigenvalue weighted by Gasteiger charge is 2.56. The van der Waals surface area contributed by atoms with Crippen LogP contribution in [0.15, 0.2) is 0 Å². The van der Waals surface area contributed by atoms with E-state index >= 15 is 0 Å². The van der Waals surface area contributed by atoms with Crippen LogP contribution in [0, 0.1) is 35.5 Å². The highest BCUT2D eigenvalue weighted by Crippen LogP contribution is 2.50. The van der Waals surface area contributed by atoms with E-state index in [1.54, 1.807) is 0 Å². The summed E-state index contributed by atoms with van der Waals surface area (Å²) in [4.78, 5) is 0. The summed E-state index contributed by atoms with van der Waals surface area (Å²) in [5.41, 5.74) is 0. The van der Waals surface area contributed by atoms with Gasteiger partial charge in [0.05, 0.1) is 6.10 Å². The van der Waals surface area contributed by atoms with Crippen molar-refractivity contribution in [3.63, 3.8) is 0 Å². The molecule has 0 aromatic carbocycles. The van der Waals surface area contributed by atoms with E-state index in [0.717, 1.165) is 43.4 Å². The Morgan fingerprint density at radius 3 is 1.53 bits per heavy atom. The van der Waals surface area contributed by atoms with Gasteiger partial charge in [-0.1, -0.05) is 19.8 Å². The average molecular weight is 465 g/mol. The zero-order valence-corrected chi connectivity index (χ0v) is 19.5. The normalized spacial score (nSPS) is 46.7. The summed E-state index contributed by atoms with van der Waals surface area (Å²) in [6.45, 7) is 2.33. The van der Waals surface area contributed by atoms with Crippen LogP contribution in [0.4, 0.5) is 22.0 Å². The van der Waals surface area contributed by atoms with Crippen molar-refractivity contribution in [1.82, 2.24) is 0 Å². The Morgan fingerprint density at radius 2 is 1.03 bits per heavy atom. The van der Waals surface area contributed by atoms with Crippen LogP contribution in [-0.2, 0) is 4.74 Å². The largest absolute Gasteiger partial charge is 0.364 e. The quantitative estimate of drug-likeness (QED) is 0.373. The molecule has 32 heavy (non-hydrogen) atoms. The van der Waals surface area contributed by atoms with Crippen LogP contribution in [0.5, 0.6) is 0 Å². The predicted molar refractivity (Wildman–Crippen MR) is 116 cm³/mol. The monoisotopic (exact) mass is 464 g/mol. The van der Waals surface area contributed by atoms with E-state index in [1.807, 2.05) is 0 Å². The first-order chi connectivity index (χ1) is 15.2. The summed E-state index contributed by atoms with van der Waals surface area (Å²) in [7, 11) is 0. The topological polar surface area (TPSA) is 9.23 Å². The molecule has 0 aromatic rings. The summed E-state index contributed by atoms with van der Waals surface area (Å²) in [6, 6.07) is 0. The molecule has 4 aliphatic rings. The number of ether oxygens (including phenoxy) is 1. The van der Waals surface area contributed by atoms with Crippen molar-refractivity contribution in [2.24, 2.45) is 35.5 Å². The number of halogens is 5. The van der Waals surface area contributed by atoms with Gasteiger partial charge in [0.15, 0.2) is 0 Å². The lowest BCUT2D eigenvalue weighted by Crippen LogP contribution is -2.50. The lowest BCUT2D eigenvalue weighted by molar-refractivity contribution is -0.320. The molecule has 0 N–H and O–H groups in total. The van der Waals surface area contributed by atoms with Gasteiger partial charge in [0.25, 0.3) is 0 Å². The first kappa shape index (κ1) is 24.7.